The van der Waals surface area contributed by atoms with Gasteiger partial charge >= 0.3 is 0 Å². The molecule has 1 amide bonds. The Hall–Kier alpha value is -1.92. The molecule has 1 saturated heterocycles. The minimum atomic E-state index is -0.105. The number of nitrogens with zero attached hydrogens (tertiary/aromatic N) is 2. The molecule has 2 aromatic rings. The number of benzene rings is 1. The standard InChI is InChI=1S/C21H29N3O3/c1-15-3-6-17-18(9-15)23-19(22-17)11-27-12-20(26)24-8-2-7-21(13-24,14-25)10-16-4-5-16/h3,6,9,16,25H,2,4-5,7-8,10-14H2,1H3,(H,22,23)/t21-/m0/s1. The molecule has 146 valence electrons. The van der Waals surface area contributed by atoms with E-state index in [4.69, 9.17) is 4.74 Å². The first-order valence-corrected chi connectivity index (χ1v) is 9.99. The van der Waals surface area contributed by atoms with E-state index in [0.717, 1.165) is 48.6 Å². The van der Waals surface area contributed by atoms with Crippen molar-refractivity contribution in [2.45, 2.75) is 45.6 Å². The molecule has 0 spiro atoms. The first-order valence-electron chi connectivity index (χ1n) is 9.99. The van der Waals surface area contributed by atoms with Gasteiger partial charge in [0.25, 0.3) is 0 Å². The van der Waals surface area contributed by atoms with Crippen LogP contribution in [0.15, 0.2) is 18.2 Å². The van der Waals surface area contributed by atoms with Gasteiger partial charge in [0.2, 0.25) is 5.91 Å². The van der Waals surface area contributed by atoms with Gasteiger partial charge in [0, 0.05) is 18.5 Å². The number of aromatic amines is 1. The van der Waals surface area contributed by atoms with E-state index in [0.29, 0.717) is 13.2 Å². The summed E-state index contributed by atoms with van der Waals surface area (Å²) in [5.41, 5.74) is 2.97. The summed E-state index contributed by atoms with van der Waals surface area (Å²) in [7, 11) is 0. The average Bonchev–Trinajstić information content (AvgIpc) is 3.38. The number of aromatic nitrogens is 2. The van der Waals surface area contributed by atoms with Crippen LogP contribution >= 0.6 is 0 Å². The van der Waals surface area contributed by atoms with Crippen molar-refractivity contribution in [1.82, 2.24) is 14.9 Å². The Kier molecular flexibility index (Phi) is 5.19. The summed E-state index contributed by atoms with van der Waals surface area (Å²) in [6.07, 6.45) is 5.57. The first-order chi connectivity index (χ1) is 13.1. The summed E-state index contributed by atoms with van der Waals surface area (Å²) in [4.78, 5) is 22.2. The minimum absolute atomic E-state index is 0.00952. The van der Waals surface area contributed by atoms with Gasteiger partial charge < -0.3 is 19.7 Å². The number of likely N-dealkylation sites (tertiary alicyclic amines) is 1. The van der Waals surface area contributed by atoms with Gasteiger partial charge in [0.15, 0.2) is 0 Å². The van der Waals surface area contributed by atoms with Crippen LogP contribution in [0.1, 0.15) is 43.5 Å². The Labute approximate surface area is 159 Å². The van der Waals surface area contributed by atoms with E-state index >= 15 is 0 Å². The molecule has 1 aliphatic heterocycles. The predicted molar refractivity (Wildman–Crippen MR) is 103 cm³/mol. The summed E-state index contributed by atoms with van der Waals surface area (Å²) >= 11 is 0. The molecule has 0 unspecified atom stereocenters. The number of aliphatic hydroxyl groups is 1. The number of nitrogens with one attached hydrogen (secondary N) is 1. The third-order valence-corrected chi connectivity index (χ3v) is 5.92. The Morgan fingerprint density at radius 3 is 3.07 bits per heavy atom. The van der Waals surface area contributed by atoms with E-state index in [1.54, 1.807) is 0 Å². The van der Waals surface area contributed by atoms with Crippen molar-refractivity contribution >= 4 is 16.9 Å². The molecule has 1 aromatic carbocycles. The van der Waals surface area contributed by atoms with Crippen molar-refractivity contribution in [2.24, 2.45) is 11.3 Å². The fourth-order valence-electron chi connectivity index (χ4n) is 4.29. The van der Waals surface area contributed by atoms with Crippen molar-refractivity contribution in [3.8, 4) is 0 Å². The Morgan fingerprint density at radius 1 is 1.44 bits per heavy atom. The lowest BCUT2D eigenvalue weighted by atomic mass is 9.76. The quantitative estimate of drug-likeness (QED) is 0.784. The number of ether oxygens (including phenoxy) is 1. The Balaban J connectivity index is 1.30. The van der Waals surface area contributed by atoms with Crippen molar-refractivity contribution in [3.63, 3.8) is 0 Å². The zero-order valence-corrected chi connectivity index (χ0v) is 16.0. The number of amides is 1. The number of imidazole rings is 1. The molecule has 1 saturated carbocycles. The zero-order valence-electron chi connectivity index (χ0n) is 16.0. The molecule has 2 aliphatic rings. The van der Waals surface area contributed by atoms with Crippen molar-refractivity contribution in [1.29, 1.82) is 0 Å². The van der Waals surface area contributed by atoms with Crippen molar-refractivity contribution < 1.29 is 14.6 Å². The van der Waals surface area contributed by atoms with Gasteiger partial charge in [-0.2, -0.15) is 0 Å². The van der Waals surface area contributed by atoms with Crippen molar-refractivity contribution in [2.75, 3.05) is 26.3 Å². The SMILES string of the molecule is Cc1ccc2nc(COCC(=O)N3CCC[C@](CO)(CC4CC4)C3)[nH]c2c1. The van der Waals surface area contributed by atoms with Gasteiger partial charge in [-0.1, -0.05) is 18.9 Å². The molecule has 6 nitrogen and oxygen atoms in total. The smallest absolute Gasteiger partial charge is 0.248 e. The Bertz CT molecular complexity index is 814. The molecular weight excluding hydrogens is 342 g/mol. The number of aliphatic hydroxyl groups excluding tert-OH is 1. The highest BCUT2D eigenvalue weighted by Gasteiger charge is 2.40. The average molecular weight is 371 g/mol. The molecule has 4 rings (SSSR count). The monoisotopic (exact) mass is 371 g/mol. The molecule has 27 heavy (non-hydrogen) atoms. The predicted octanol–water partition coefficient (Wildman–Crippen LogP) is 2.79. The van der Waals surface area contributed by atoms with Crippen LogP contribution < -0.4 is 0 Å². The highest BCUT2D eigenvalue weighted by molar-refractivity contribution is 5.77. The topological polar surface area (TPSA) is 78.4 Å². The Morgan fingerprint density at radius 2 is 2.30 bits per heavy atom. The van der Waals surface area contributed by atoms with Crippen LogP contribution in [0, 0.1) is 18.3 Å². The summed E-state index contributed by atoms with van der Waals surface area (Å²) in [5, 5.41) is 9.95. The van der Waals surface area contributed by atoms with Crippen LogP contribution in [-0.2, 0) is 16.1 Å². The molecule has 2 N–H and O–H groups in total. The van der Waals surface area contributed by atoms with E-state index in [1.807, 2.05) is 24.0 Å². The van der Waals surface area contributed by atoms with E-state index in [9.17, 15) is 9.90 Å². The fourth-order valence-corrected chi connectivity index (χ4v) is 4.29. The van der Waals surface area contributed by atoms with Crippen LogP contribution in [0.4, 0.5) is 0 Å². The molecule has 0 bridgehead atoms. The first kappa shape index (κ1) is 18.4. The molecule has 1 aliphatic carbocycles. The molecule has 1 atom stereocenters. The van der Waals surface area contributed by atoms with E-state index in [1.165, 1.54) is 18.4 Å². The number of piperidine rings is 1. The normalized spacial score (nSPS) is 23.1. The van der Waals surface area contributed by atoms with Crippen LogP contribution in [-0.4, -0.2) is 52.2 Å². The third-order valence-electron chi connectivity index (χ3n) is 5.92. The molecular formula is C21H29N3O3. The van der Waals surface area contributed by atoms with Crippen LogP contribution in [0.25, 0.3) is 11.0 Å². The molecule has 0 radical (unpaired) electrons. The van der Waals surface area contributed by atoms with Crippen LogP contribution in [0.5, 0.6) is 0 Å². The van der Waals surface area contributed by atoms with Crippen LogP contribution in [0.2, 0.25) is 0 Å². The molecule has 2 fully saturated rings. The van der Waals surface area contributed by atoms with Gasteiger partial charge in [0.05, 0.1) is 17.6 Å². The number of aryl methyl sites for hydroxylation is 1. The number of H-pyrrole nitrogens is 1. The lowest BCUT2D eigenvalue weighted by Crippen LogP contribution is -2.49. The van der Waals surface area contributed by atoms with Gasteiger partial charge in [-0.25, -0.2) is 4.98 Å². The van der Waals surface area contributed by atoms with E-state index in [2.05, 4.69) is 16.0 Å². The third kappa shape index (κ3) is 4.33. The number of hydrogen-bond acceptors (Lipinski definition) is 4. The molecule has 6 heteroatoms. The minimum Gasteiger partial charge on any atom is -0.396 e. The summed E-state index contributed by atoms with van der Waals surface area (Å²) in [6, 6.07) is 6.07. The second-order valence-electron chi connectivity index (χ2n) is 8.42. The number of hydrogen-bond donors (Lipinski definition) is 2. The summed E-state index contributed by atoms with van der Waals surface area (Å²) in [6.45, 7) is 3.99. The summed E-state index contributed by atoms with van der Waals surface area (Å²) < 4.78 is 5.64. The number of rotatable bonds is 7. The largest absolute Gasteiger partial charge is 0.396 e. The number of carbonyl (C=O) groups is 1. The highest BCUT2D eigenvalue weighted by atomic mass is 16.5. The maximum absolute atomic E-state index is 12.6. The number of carbonyl (C=O) groups excluding carboxylic acids is 1. The highest BCUT2D eigenvalue weighted by Crippen LogP contribution is 2.44. The zero-order chi connectivity index (χ0) is 18.9. The maximum Gasteiger partial charge on any atom is 0.248 e. The van der Waals surface area contributed by atoms with E-state index in [-0.39, 0.29) is 24.5 Å². The molecule has 1 aromatic heterocycles. The maximum atomic E-state index is 12.6. The number of fused-ring (bicyclic) bond motifs is 1. The fraction of sp³-hybridized carbons (Fsp3) is 0.619. The van der Waals surface area contributed by atoms with Gasteiger partial charge in [0.1, 0.15) is 19.0 Å². The van der Waals surface area contributed by atoms with Gasteiger partial charge in [-0.15, -0.1) is 0 Å². The summed E-state index contributed by atoms with van der Waals surface area (Å²) in [5.74, 6) is 1.50. The second kappa shape index (κ2) is 7.60. The lowest BCUT2D eigenvalue weighted by molar-refractivity contribution is -0.141. The van der Waals surface area contributed by atoms with Crippen molar-refractivity contribution in [3.05, 3.63) is 29.6 Å². The van der Waals surface area contributed by atoms with Gasteiger partial charge in [-0.05, 0) is 49.8 Å². The molecule has 2 heterocycles. The lowest BCUT2D eigenvalue weighted by Gasteiger charge is -2.42. The van der Waals surface area contributed by atoms with Gasteiger partial charge in [-0.3, -0.25) is 4.79 Å². The second-order valence-corrected chi connectivity index (χ2v) is 8.42. The van der Waals surface area contributed by atoms with Crippen LogP contribution in [0.3, 0.4) is 0 Å². The van der Waals surface area contributed by atoms with E-state index < -0.39 is 0 Å².